The highest BCUT2D eigenvalue weighted by Gasteiger charge is 2.30. The molecule has 0 aromatic carbocycles. The molecule has 6 heteroatoms. The number of nitrogens with one attached hydrogen (secondary N) is 1. The zero-order valence-corrected chi connectivity index (χ0v) is 9.52. The summed E-state index contributed by atoms with van der Waals surface area (Å²) in [5.41, 5.74) is 0. The molecule has 0 saturated carbocycles. The molecule has 3 nitrogen and oxygen atoms in total. The molecule has 0 spiro atoms. The predicted molar refractivity (Wildman–Crippen MR) is 55.4 cm³/mol. The Bertz CT molecular complexity index is 193. The summed E-state index contributed by atoms with van der Waals surface area (Å²) in [6.07, 6.45) is -3.41. The molecule has 1 rings (SSSR count). The second kappa shape index (κ2) is 6.42. The van der Waals surface area contributed by atoms with Crippen molar-refractivity contribution in [1.82, 2.24) is 10.2 Å². The Morgan fingerprint density at radius 1 is 1.44 bits per heavy atom. The van der Waals surface area contributed by atoms with Gasteiger partial charge in [-0.2, -0.15) is 13.2 Å². The highest BCUT2D eigenvalue weighted by Crippen LogP contribution is 2.16. The molecule has 1 N–H and O–H groups in total. The van der Waals surface area contributed by atoms with Gasteiger partial charge in [-0.3, -0.25) is 4.90 Å². The van der Waals surface area contributed by atoms with Gasteiger partial charge in [0.25, 0.3) is 0 Å². The zero-order valence-electron chi connectivity index (χ0n) is 9.52. The zero-order chi connectivity index (χ0) is 12.0. The Hall–Kier alpha value is -0.330. The average Bonchev–Trinajstić information content (AvgIpc) is 2.24. The quantitative estimate of drug-likeness (QED) is 0.782. The minimum Gasteiger partial charge on any atom is -0.379 e. The first-order valence-corrected chi connectivity index (χ1v) is 5.61. The Morgan fingerprint density at radius 2 is 2.19 bits per heavy atom. The highest BCUT2D eigenvalue weighted by molar-refractivity contribution is 4.72. The molecule has 1 saturated heterocycles. The molecule has 0 bridgehead atoms. The van der Waals surface area contributed by atoms with Crippen LogP contribution in [0, 0.1) is 0 Å². The van der Waals surface area contributed by atoms with Crippen LogP contribution in [0.5, 0.6) is 0 Å². The van der Waals surface area contributed by atoms with Crippen LogP contribution < -0.4 is 5.32 Å². The Labute approximate surface area is 93.9 Å². The maximum atomic E-state index is 12.2. The summed E-state index contributed by atoms with van der Waals surface area (Å²) < 4.78 is 41.8. The van der Waals surface area contributed by atoms with Gasteiger partial charge in [0.05, 0.1) is 19.8 Å². The van der Waals surface area contributed by atoms with Crippen molar-refractivity contribution in [1.29, 1.82) is 0 Å². The smallest absolute Gasteiger partial charge is 0.379 e. The molecule has 1 heterocycles. The van der Waals surface area contributed by atoms with Crippen LogP contribution in [0.15, 0.2) is 0 Å². The average molecular weight is 240 g/mol. The number of hydrogen-bond acceptors (Lipinski definition) is 3. The van der Waals surface area contributed by atoms with Gasteiger partial charge in [0.1, 0.15) is 0 Å². The van der Waals surface area contributed by atoms with Crippen LogP contribution in [0.3, 0.4) is 0 Å². The maximum Gasteiger partial charge on any atom is 0.401 e. The van der Waals surface area contributed by atoms with E-state index in [1.165, 1.54) is 4.90 Å². The molecule has 16 heavy (non-hydrogen) atoms. The first kappa shape index (κ1) is 13.7. The lowest BCUT2D eigenvalue weighted by atomic mass is 10.2. The van der Waals surface area contributed by atoms with Crippen molar-refractivity contribution in [2.75, 3.05) is 39.4 Å². The lowest BCUT2D eigenvalue weighted by Crippen LogP contribution is -2.44. The van der Waals surface area contributed by atoms with Crippen molar-refractivity contribution in [3.63, 3.8) is 0 Å². The number of morpholine rings is 1. The summed E-state index contributed by atoms with van der Waals surface area (Å²) in [5.74, 6) is 0. The van der Waals surface area contributed by atoms with Gasteiger partial charge >= 0.3 is 6.18 Å². The van der Waals surface area contributed by atoms with E-state index in [2.05, 4.69) is 5.32 Å². The van der Waals surface area contributed by atoms with Gasteiger partial charge in [0, 0.05) is 19.1 Å². The summed E-state index contributed by atoms with van der Waals surface area (Å²) >= 11 is 0. The standard InChI is InChI=1S/C10H19F3N2O/c1-2-15(8-10(11,12)13)5-3-9-7-16-6-4-14-9/h9,14H,2-8H2,1H3. The molecule has 1 fully saturated rings. The largest absolute Gasteiger partial charge is 0.401 e. The van der Waals surface area contributed by atoms with Crippen LogP contribution in [0.4, 0.5) is 13.2 Å². The molecule has 0 aromatic heterocycles. The molecule has 1 aliphatic rings. The van der Waals surface area contributed by atoms with E-state index in [0.717, 1.165) is 6.54 Å². The SMILES string of the molecule is CCN(CCC1COCCN1)CC(F)(F)F. The lowest BCUT2D eigenvalue weighted by molar-refractivity contribution is -0.145. The fraction of sp³-hybridized carbons (Fsp3) is 1.00. The summed E-state index contributed by atoms with van der Waals surface area (Å²) in [5, 5.41) is 3.23. The lowest BCUT2D eigenvalue weighted by Gasteiger charge is -2.27. The summed E-state index contributed by atoms with van der Waals surface area (Å²) in [6, 6.07) is 0.191. The Kier molecular flexibility index (Phi) is 5.51. The van der Waals surface area contributed by atoms with Gasteiger partial charge in [-0.05, 0) is 13.0 Å². The molecule has 0 aromatic rings. The third-order valence-electron chi connectivity index (χ3n) is 2.64. The monoisotopic (exact) mass is 240 g/mol. The molecule has 0 amide bonds. The van der Waals surface area contributed by atoms with Crippen LogP contribution in [-0.2, 0) is 4.74 Å². The van der Waals surface area contributed by atoms with Crippen molar-refractivity contribution in [3.8, 4) is 0 Å². The van der Waals surface area contributed by atoms with Gasteiger partial charge < -0.3 is 10.1 Å². The Morgan fingerprint density at radius 3 is 2.69 bits per heavy atom. The third kappa shape index (κ3) is 5.67. The number of hydrogen-bond donors (Lipinski definition) is 1. The first-order valence-electron chi connectivity index (χ1n) is 5.61. The highest BCUT2D eigenvalue weighted by atomic mass is 19.4. The number of nitrogens with zero attached hydrogens (tertiary/aromatic N) is 1. The van der Waals surface area contributed by atoms with Crippen molar-refractivity contribution in [2.45, 2.75) is 25.6 Å². The topological polar surface area (TPSA) is 24.5 Å². The third-order valence-corrected chi connectivity index (χ3v) is 2.64. The minimum atomic E-state index is -4.10. The fourth-order valence-corrected chi connectivity index (χ4v) is 1.75. The van der Waals surface area contributed by atoms with Gasteiger partial charge in [-0.1, -0.05) is 6.92 Å². The molecule has 1 atom stereocenters. The molecule has 96 valence electrons. The molecule has 1 unspecified atom stereocenters. The van der Waals surface area contributed by atoms with Gasteiger partial charge in [-0.25, -0.2) is 0 Å². The Balaban J connectivity index is 2.22. The summed E-state index contributed by atoms with van der Waals surface area (Å²) in [7, 11) is 0. The first-order chi connectivity index (χ1) is 7.51. The van der Waals surface area contributed by atoms with E-state index in [9.17, 15) is 13.2 Å². The van der Waals surface area contributed by atoms with E-state index in [1.807, 2.05) is 0 Å². The minimum absolute atomic E-state index is 0.191. The number of ether oxygens (including phenoxy) is 1. The van der Waals surface area contributed by atoms with Crippen molar-refractivity contribution in [3.05, 3.63) is 0 Å². The van der Waals surface area contributed by atoms with Crippen molar-refractivity contribution < 1.29 is 17.9 Å². The molecular formula is C10H19F3N2O. The second-order valence-electron chi connectivity index (χ2n) is 4.00. The predicted octanol–water partition coefficient (Wildman–Crippen LogP) is 1.25. The molecule has 0 radical (unpaired) electrons. The molecule has 0 aliphatic carbocycles. The summed E-state index contributed by atoms with van der Waals surface area (Å²) in [6.45, 7) is 3.88. The van der Waals surface area contributed by atoms with Gasteiger partial charge in [0.2, 0.25) is 0 Å². The van der Waals surface area contributed by atoms with E-state index in [4.69, 9.17) is 4.74 Å². The van der Waals surface area contributed by atoms with E-state index in [-0.39, 0.29) is 6.04 Å². The van der Waals surface area contributed by atoms with Crippen molar-refractivity contribution >= 4 is 0 Å². The van der Waals surface area contributed by atoms with Gasteiger partial charge in [-0.15, -0.1) is 0 Å². The van der Waals surface area contributed by atoms with E-state index in [1.54, 1.807) is 6.92 Å². The number of halogens is 3. The van der Waals surface area contributed by atoms with E-state index < -0.39 is 12.7 Å². The summed E-state index contributed by atoms with van der Waals surface area (Å²) in [4.78, 5) is 1.41. The number of rotatable bonds is 5. The van der Waals surface area contributed by atoms with Gasteiger partial charge in [0.15, 0.2) is 0 Å². The van der Waals surface area contributed by atoms with E-state index in [0.29, 0.717) is 32.7 Å². The van der Waals surface area contributed by atoms with Crippen LogP contribution in [0.2, 0.25) is 0 Å². The molecule has 1 aliphatic heterocycles. The molecular weight excluding hydrogens is 221 g/mol. The van der Waals surface area contributed by atoms with Crippen LogP contribution in [0.25, 0.3) is 0 Å². The fourth-order valence-electron chi connectivity index (χ4n) is 1.75. The van der Waals surface area contributed by atoms with Crippen LogP contribution in [0.1, 0.15) is 13.3 Å². The second-order valence-corrected chi connectivity index (χ2v) is 4.00. The maximum absolute atomic E-state index is 12.2. The normalized spacial score (nSPS) is 22.7. The van der Waals surface area contributed by atoms with Crippen LogP contribution >= 0.6 is 0 Å². The van der Waals surface area contributed by atoms with Crippen molar-refractivity contribution in [2.24, 2.45) is 0 Å². The van der Waals surface area contributed by atoms with E-state index >= 15 is 0 Å². The number of alkyl halides is 3. The van der Waals surface area contributed by atoms with Crippen LogP contribution in [-0.4, -0.2) is 56.5 Å².